The topological polar surface area (TPSA) is 71.8 Å². The first-order valence-electron chi connectivity index (χ1n) is 12.3. The third-order valence-corrected chi connectivity index (χ3v) is 6.10. The Morgan fingerprint density at radius 3 is 2.51 bits per heavy atom. The smallest absolute Gasteiger partial charge is 0.306 e. The van der Waals surface area contributed by atoms with E-state index in [0.29, 0.717) is 31.1 Å². The molecule has 0 amide bonds. The second-order valence-corrected chi connectivity index (χ2v) is 8.54. The number of methoxy groups -OCH3 is 1. The molecule has 0 saturated carbocycles. The molecular formula is C30H32N2O5. The van der Waals surface area contributed by atoms with Gasteiger partial charge in [0.05, 0.1) is 24.8 Å². The Balaban J connectivity index is 1.50. The van der Waals surface area contributed by atoms with E-state index in [4.69, 9.17) is 23.9 Å². The number of imidazole rings is 1. The molecule has 0 spiro atoms. The molecular weight excluding hydrogens is 468 g/mol. The molecule has 0 bridgehead atoms. The van der Waals surface area contributed by atoms with Gasteiger partial charge >= 0.3 is 5.97 Å². The number of hydrogen-bond donors (Lipinski definition) is 0. The van der Waals surface area contributed by atoms with Crippen LogP contribution in [0.4, 0.5) is 0 Å². The van der Waals surface area contributed by atoms with E-state index >= 15 is 0 Å². The van der Waals surface area contributed by atoms with E-state index in [1.54, 1.807) is 20.1 Å². The molecule has 0 N–H and O–H groups in total. The van der Waals surface area contributed by atoms with Crippen molar-refractivity contribution in [2.75, 3.05) is 13.7 Å². The quantitative estimate of drug-likeness (QED) is 0.226. The highest BCUT2D eigenvalue weighted by Gasteiger charge is 2.13. The zero-order chi connectivity index (χ0) is 26.2. The lowest BCUT2D eigenvalue weighted by Gasteiger charge is -2.14. The Kier molecular flexibility index (Phi) is 8.46. The van der Waals surface area contributed by atoms with Crippen LogP contribution in [0.5, 0.6) is 17.2 Å². The van der Waals surface area contributed by atoms with Crippen molar-refractivity contribution in [2.24, 2.45) is 7.05 Å². The van der Waals surface area contributed by atoms with E-state index in [1.807, 2.05) is 72.3 Å². The number of aryl methyl sites for hydroxylation is 2. The molecule has 1 aromatic heterocycles. The van der Waals surface area contributed by atoms with Gasteiger partial charge in [0.25, 0.3) is 0 Å². The second-order valence-electron chi connectivity index (χ2n) is 8.54. The number of aromatic nitrogens is 2. The summed E-state index contributed by atoms with van der Waals surface area (Å²) in [5.41, 5.74) is 4.84. The summed E-state index contributed by atoms with van der Waals surface area (Å²) >= 11 is 0. The van der Waals surface area contributed by atoms with Gasteiger partial charge in [-0.15, -0.1) is 0 Å². The van der Waals surface area contributed by atoms with Crippen molar-refractivity contribution in [1.29, 1.82) is 0 Å². The zero-order valence-electron chi connectivity index (χ0n) is 21.5. The maximum Gasteiger partial charge on any atom is 0.306 e. The second kappa shape index (κ2) is 12.1. The third-order valence-electron chi connectivity index (χ3n) is 6.10. The van der Waals surface area contributed by atoms with Crippen molar-refractivity contribution < 1.29 is 23.7 Å². The minimum absolute atomic E-state index is 0.229. The number of carbonyl (C=O) groups is 1. The molecule has 0 aliphatic heterocycles. The van der Waals surface area contributed by atoms with Gasteiger partial charge in [-0.25, -0.2) is 4.98 Å². The lowest BCUT2D eigenvalue weighted by Crippen LogP contribution is -2.07. The predicted molar refractivity (Wildman–Crippen MR) is 144 cm³/mol. The molecule has 37 heavy (non-hydrogen) atoms. The average Bonchev–Trinajstić information content (AvgIpc) is 3.24. The third kappa shape index (κ3) is 6.50. The largest absolute Gasteiger partial charge is 0.497 e. The molecule has 3 aromatic carbocycles. The predicted octanol–water partition coefficient (Wildman–Crippen LogP) is 5.88. The highest BCUT2D eigenvalue weighted by atomic mass is 16.5. The van der Waals surface area contributed by atoms with E-state index in [-0.39, 0.29) is 19.0 Å². The first kappa shape index (κ1) is 25.8. The molecule has 0 aliphatic rings. The fraction of sp³-hybridized carbons (Fsp3) is 0.267. The Hall–Kier alpha value is -4.26. The van der Waals surface area contributed by atoms with E-state index in [2.05, 4.69) is 6.58 Å². The Bertz CT molecular complexity index is 1380. The van der Waals surface area contributed by atoms with Crippen LogP contribution in [0.2, 0.25) is 0 Å². The number of nitrogens with zero attached hydrogens (tertiary/aromatic N) is 2. The molecule has 0 aliphatic carbocycles. The van der Waals surface area contributed by atoms with Gasteiger partial charge in [0.2, 0.25) is 0 Å². The van der Waals surface area contributed by atoms with Gasteiger partial charge in [0.15, 0.2) is 0 Å². The van der Waals surface area contributed by atoms with Crippen LogP contribution in [0, 0.1) is 0 Å². The van der Waals surface area contributed by atoms with Crippen molar-refractivity contribution in [3.63, 3.8) is 0 Å². The van der Waals surface area contributed by atoms with Gasteiger partial charge in [-0.1, -0.05) is 43.0 Å². The van der Waals surface area contributed by atoms with Crippen molar-refractivity contribution in [3.05, 3.63) is 89.8 Å². The van der Waals surface area contributed by atoms with Crippen molar-refractivity contribution >= 4 is 23.1 Å². The number of ether oxygens (including phenoxy) is 4. The van der Waals surface area contributed by atoms with Crippen molar-refractivity contribution in [2.45, 2.75) is 33.0 Å². The van der Waals surface area contributed by atoms with Gasteiger partial charge < -0.3 is 23.5 Å². The highest BCUT2D eigenvalue weighted by Crippen LogP contribution is 2.28. The summed E-state index contributed by atoms with van der Waals surface area (Å²) in [7, 11) is 3.60. The number of fused-ring (bicyclic) bond motifs is 1. The minimum atomic E-state index is -0.229. The van der Waals surface area contributed by atoms with E-state index in [1.165, 1.54) is 0 Å². The number of carbonyl (C=O) groups excluding carboxylic acids is 1. The van der Waals surface area contributed by atoms with Crippen LogP contribution >= 0.6 is 0 Å². The lowest BCUT2D eigenvalue weighted by atomic mass is 10.1. The van der Waals surface area contributed by atoms with Gasteiger partial charge in [-0.3, -0.25) is 4.79 Å². The molecule has 4 rings (SSSR count). The SMILES string of the molecule is C=Cc1ccc(COc2cc(OCc3nc4ccc(OC)cc4n3C)ccc2CCC(=O)OCC)cc1. The van der Waals surface area contributed by atoms with Crippen LogP contribution in [0.25, 0.3) is 17.1 Å². The number of esters is 1. The Morgan fingerprint density at radius 1 is 1.00 bits per heavy atom. The molecule has 1 heterocycles. The first-order chi connectivity index (χ1) is 18.0. The van der Waals surface area contributed by atoms with E-state index < -0.39 is 0 Å². The van der Waals surface area contributed by atoms with Crippen LogP contribution in [0.3, 0.4) is 0 Å². The summed E-state index contributed by atoms with van der Waals surface area (Å²) in [6.45, 7) is 6.64. The normalized spacial score (nSPS) is 10.8. The summed E-state index contributed by atoms with van der Waals surface area (Å²) in [4.78, 5) is 16.6. The number of rotatable bonds is 12. The van der Waals surface area contributed by atoms with Crippen LogP contribution in [0.15, 0.2) is 67.2 Å². The van der Waals surface area contributed by atoms with Crippen LogP contribution < -0.4 is 14.2 Å². The Labute approximate surface area is 217 Å². The maximum absolute atomic E-state index is 11.9. The van der Waals surface area contributed by atoms with Gasteiger partial charge in [0, 0.05) is 25.6 Å². The molecule has 0 fully saturated rings. The van der Waals surface area contributed by atoms with Crippen LogP contribution in [-0.2, 0) is 36.2 Å². The molecule has 0 saturated heterocycles. The fourth-order valence-corrected chi connectivity index (χ4v) is 3.97. The molecule has 0 atom stereocenters. The lowest BCUT2D eigenvalue weighted by molar-refractivity contribution is -0.143. The van der Waals surface area contributed by atoms with Crippen molar-refractivity contribution in [1.82, 2.24) is 9.55 Å². The zero-order valence-corrected chi connectivity index (χ0v) is 21.5. The summed E-state index contributed by atoms with van der Waals surface area (Å²) in [6.07, 6.45) is 2.60. The summed E-state index contributed by atoms with van der Waals surface area (Å²) in [5, 5.41) is 0. The van der Waals surface area contributed by atoms with Crippen molar-refractivity contribution in [3.8, 4) is 17.2 Å². The average molecular weight is 501 g/mol. The van der Waals surface area contributed by atoms with E-state index in [9.17, 15) is 4.79 Å². The van der Waals surface area contributed by atoms with Crippen LogP contribution in [-0.4, -0.2) is 29.2 Å². The fourth-order valence-electron chi connectivity index (χ4n) is 3.97. The van der Waals surface area contributed by atoms with Gasteiger partial charge in [-0.2, -0.15) is 0 Å². The summed E-state index contributed by atoms with van der Waals surface area (Å²) in [5.74, 6) is 2.67. The van der Waals surface area contributed by atoms with E-state index in [0.717, 1.165) is 39.3 Å². The highest BCUT2D eigenvalue weighted by molar-refractivity contribution is 5.77. The molecule has 192 valence electrons. The van der Waals surface area contributed by atoms with Gasteiger partial charge in [0.1, 0.15) is 36.3 Å². The molecule has 7 heteroatoms. The molecule has 0 unspecified atom stereocenters. The summed E-state index contributed by atoms with van der Waals surface area (Å²) in [6, 6.07) is 19.5. The first-order valence-corrected chi connectivity index (χ1v) is 12.3. The summed E-state index contributed by atoms with van der Waals surface area (Å²) < 4.78 is 24.7. The molecule has 7 nitrogen and oxygen atoms in total. The van der Waals surface area contributed by atoms with Gasteiger partial charge in [-0.05, 0) is 48.2 Å². The number of hydrogen-bond acceptors (Lipinski definition) is 6. The molecule has 4 aromatic rings. The molecule has 0 radical (unpaired) electrons. The van der Waals surface area contributed by atoms with Crippen LogP contribution in [0.1, 0.15) is 35.9 Å². The number of benzene rings is 3. The monoisotopic (exact) mass is 500 g/mol. The standard InChI is InChI=1S/C30H32N2O5/c1-5-21-7-9-22(10-8-21)19-37-28-18-25(13-11-23(28)12-16-30(33)35-6-2)36-20-29-31-26-15-14-24(34-4)17-27(26)32(29)3/h5,7-11,13-15,17-18H,1,6,12,16,19-20H2,2-4H3. The maximum atomic E-state index is 11.9. The Morgan fingerprint density at radius 2 is 1.78 bits per heavy atom. The minimum Gasteiger partial charge on any atom is -0.497 e.